The largest absolute Gasteiger partial charge is 0.495 e. The van der Waals surface area contributed by atoms with Gasteiger partial charge in [-0.3, -0.25) is 0 Å². The van der Waals surface area contributed by atoms with Crippen LogP contribution >= 0.6 is 0 Å². The van der Waals surface area contributed by atoms with E-state index in [-0.39, 0.29) is 18.5 Å². The van der Waals surface area contributed by atoms with E-state index in [9.17, 15) is 13.2 Å². The van der Waals surface area contributed by atoms with Gasteiger partial charge in [0, 0.05) is 12.1 Å². The lowest BCUT2D eigenvalue weighted by Gasteiger charge is -2.23. The molecule has 0 radical (unpaired) electrons. The second kappa shape index (κ2) is 8.11. The lowest BCUT2D eigenvalue weighted by molar-refractivity contribution is 0.0688. The average molecular weight is 314 g/mol. The molecule has 0 amide bonds. The van der Waals surface area contributed by atoms with E-state index in [0.29, 0.717) is 0 Å². The maximum absolute atomic E-state index is 13.1. The Morgan fingerprint density at radius 3 is 2.50 bits per heavy atom. The number of hydrogen-bond acceptors (Lipinski definition) is 2. The van der Waals surface area contributed by atoms with Crippen LogP contribution < -0.4 is 4.74 Å². The quantitative estimate of drug-likeness (QED) is 0.513. The van der Waals surface area contributed by atoms with Gasteiger partial charge in [0.15, 0.2) is 17.5 Å². The standard InChI is InChI=1S/C17H21F3O2/c1-2-3-4-5-12-6-7-13(21-10-12)11-22-14-8-15(18)17(20)16(19)9-14/h8-10,13H,2-7,11H2,1H3. The number of rotatable bonds is 7. The van der Waals surface area contributed by atoms with E-state index < -0.39 is 17.5 Å². The highest BCUT2D eigenvalue weighted by atomic mass is 19.2. The molecule has 1 unspecified atom stereocenters. The van der Waals surface area contributed by atoms with Crippen LogP contribution in [-0.4, -0.2) is 12.7 Å². The summed E-state index contributed by atoms with van der Waals surface area (Å²) in [6.45, 7) is 2.35. The Balaban J connectivity index is 1.79. The minimum atomic E-state index is -1.49. The van der Waals surface area contributed by atoms with Crippen molar-refractivity contribution < 1.29 is 22.6 Å². The maximum Gasteiger partial charge on any atom is 0.194 e. The summed E-state index contributed by atoms with van der Waals surface area (Å²) in [6, 6.07) is 1.68. The zero-order valence-electron chi connectivity index (χ0n) is 12.7. The van der Waals surface area contributed by atoms with Crippen molar-refractivity contribution in [2.45, 2.75) is 51.6 Å². The number of allylic oxidation sites excluding steroid dienone is 1. The van der Waals surface area contributed by atoms with Crippen LogP contribution in [0.5, 0.6) is 5.75 Å². The minimum Gasteiger partial charge on any atom is -0.495 e. The van der Waals surface area contributed by atoms with Crippen LogP contribution in [0, 0.1) is 17.5 Å². The fraction of sp³-hybridized carbons (Fsp3) is 0.529. The Bertz CT molecular complexity index is 506. The molecular formula is C17H21F3O2. The van der Waals surface area contributed by atoms with Crippen molar-refractivity contribution >= 4 is 0 Å². The second-order valence-electron chi connectivity index (χ2n) is 5.54. The molecule has 2 rings (SSSR count). The van der Waals surface area contributed by atoms with Crippen LogP contribution in [-0.2, 0) is 4.74 Å². The number of unbranched alkanes of at least 4 members (excludes halogenated alkanes) is 2. The van der Waals surface area contributed by atoms with Crippen molar-refractivity contribution in [3.05, 3.63) is 41.4 Å². The summed E-state index contributed by atoms with van der Waals surface area (Å²) >= 11 is 0. The molecule has 0 spiro atoms. The van der Waals surface area contributed by atoms with Gasteiger partial charge < -0.3 is 9.47 Å². The van der Waals surface area contributed by atoms with Crippen LogP contribution in [0.15, 0.2) is 24.0 Å². The summed E-state index contributed by atoms with van der Waals surface area (Å²) in [5.41, 5.74) is 1.29. The second-order valence-corrected chi connectivity index (χ2v) is 5.54. The molecule has 0 saturated carbocycles. The smallest absolute Gasteiger partial charge is 0.194 e. The molecule has 0 fully saturated rings. The predicted molar refractivity (Wildman–Crippen MR) is 78.1 cm³/mol. The van der Waals surface area contributed by atoms with Gasteiger partial charge in [-0.15, -0.1) is 0 Å². The van der Waals surface area contributed by atoms with Crippen molar-refractivity contribution in [3.8, 4) is 5.75 Å². The van der Waals surface area contributed by atoms with Gasteiger partial charge in [0.25, 0.3) is 0 Å². The van der Waals surface area contributed by atoms with Crippen molar-refractivity contribution in [1.29, 1.82) is 0 Å². The van der Waals surface area contributed by atoms with E-state index in [1.54, 1.807) is 6.26 Å². The molecule has 0 aliphatic carbocycles. The Morgan fingerprint density at radius 2 is 1.91 bits per heavy atom. The first-order valence-corrected chi connectivity index (χ1v) is 7.71. The summed E-state index contributed by atoms with van der Waals surface area (Å²) in [4.78, 5) is 0. The van der Waals surface area contributed by atoms with Crippen LogP contribution in [0.25, 0.3) is 0 Å². The van der Waals surface area contributed by atoms with Gasteiger partial charge in [-0.1, -0.05) is 19.8 Å². The monoisotopic (exact) mass is 314 g/mol. The van der Waals surface area contributed by atoms with Gasteiger partial charge in [-0.25, -0.2) is 13.2 Å². The molecule has 1 aliphatic heterocycles. The van der Waals surface area contributed by atoms with Crippen molar-refractivity contribution in [2.75, 3.05) is 6.61 Å². The van der Waals surface area contributed by atoms with Crippen molar-refractivity contribution in [3.63, 3.8) is 0 Å². The van der Waals surface area contributed by atoms with E-state index in [1.165, 1.54) is 24.8 Å². The van der Waals surface area contributed by atoms with Crippen LogP contribution in [0.4, 0.5) is 13.2 Å². The predicted octanol–water partition coefficient (Wildman–Crippen LogP) is 5.13. The Kier molecular flexibility index (Phi) is 6.16. The molecule has 122 valence electrons. The first kappa shape index (κ1) is 16.7. The highest BCUT2D eigenvalue weighted by Crippen LogP contribution is 2.24. The van der Waals surface area contributed by atoms with Gasteiger partial charge in [0.1, 0.15) is 18.5 Å². The normalized spacial score (nSPS) is 17.8. The molecule has 0 saturated heterocycles. The summed E-state index contributed by atoms with van der Waals surface area (Å²) < 4.78 is 49.8. The summed E-state index contributed by atoms with van der Waals surface area (Å²) in [7, 11) is 0. The number of ether oxygens (including phenoxy) is 2. The first-order valence-electron chi connectivity index (χ1n) is 7.71. The molecule has 5 heteroatoms. The van der Waals surface area contributed by atoms with Crippen LogP contribution in [0.2, 0.25) is 0 Å². The first-order chi connectivity index (χ1) is 10.6. The van der Waals surface area contributed by atoms with E-state index in [1.807, 2.05) is 0 Å². The third-order valence-electron chi connectivity index (χ3n) is 3.71. The lowest BCUT2D eigenvalue weighted by atomic mass is 10.0. The summed E-state index contributed by atoms with van der Waals surface area (Å²) in [5, 5.41) is 0. The zero-order chi connectivity index (χ0) is 15.9. The highest BCUT2D eigenvalue weighted by molar-refractivity contribution is 5.25. The maximum atomic E-state index is 13.1. The zero-order valence-corrected chi connectivity index (χ0v) is 12.7. The van der Waals surface area contributed by atoms with Crippen molar-refractivity contribution in [2.24, 2.45) is 0 Å². The molecule has 1 atom stereocenters. The molecule has 1 aliphatic rings. The Hall–Kier alpha value is -1.65. The topological polar surface area (TPSA) is 18.5 Å². The van der Waals surface area contributed by atoms with Gasteiger partial charge in [-0.05, 0) is 31.3 Å². The summed E-state index contributed by atoms with van der Waals surface area (Å²) in [5.74, 6) is -4.02. The number of hydrogen-bond donors (Lipinski definition) is 0. The molecular weight excluding hydrogens is 293 g/mol. The third kappa shape index (κ3) is 4.68. The molecule has 0 aromatic heterocycles. The lowest BCUT2D eigenvalue weighted by Crippen LogP contribution is -2.23. The van der Waals surface area contributed by atoms with E-state index in [2.05, 4.69) is 6.92 Å². The fourth-order valence-corrected chi connectivity index (χ4v) is 2.38. The van der Waals surface area contributed by atoms with Crippen molar-refractivity contribution in [1.82, 2.24) is 0 Å². The van der Waals surface area contributed by atoms with E-state index in [0.717, 1.165) is 31.4 Å². The Labute approximate surface area is 128 Å². The van der Waals surface area contributed by atoms with Crippen LogP contribution in [0.3, 0.4) is 0 Å². The van der Waals surface area contributed by atoms with Gasteiger partial charge >= 0.3 is 0 Å². The third-order valence-corrected chi connectivity index (χ3v) is 3.71. The molecule has 22 heavy (non-hydrogen) atoms. The number of halogens is 3. The minimum absolute atomic E-state index is 0.0299. The fourth-order valence-electron chi connectivity index (χ4n) is 2.38. The average Bonchev–Trinajstić information content (AvgIpc) is 2.52. The molecule has 1 heterocycles. The molecule has 1 aromatic rings. The molecule has 1 aromatic carbocycles. The highest BCUT2D eigenvalue weighted by Gasteiger charge is 2.17. The Morgan fingerprint density at radius 1 is 1.18 bits per heavy atom. The van der Waals surface area contributed by atoms with Gasteiger partial charge in [0.2, 0.25) is 0 Å². The van der Waals surface area contributed by atoms with Gasteiger partial charge in [-0.2, -0.15) is 0 Å². The SMILES string of the molecule is CCCCCC1=COC(COc2cc(F)c(F)c(F)c2)CC1. The molecule has 0 bridgehead atoms. The van der Waals surface area contributed by atoms with E-state index >= 15 is 0 Å². The van der Waals surface area contributed by atoms with Gasteiger partial charge in [0.05, 0.1) is 6.26 Å². The van der Waals surface area contributed by atoms with E-state index in [4.69, 9.17) is 9.47 Å². The molecule has 2 nitrogen and oxygen atoms in total. The number of benzene rings is 1. The molecule has 0 N–H and O–H groups in total. The van der Waals surface area contributed by atoms with Crippen LogP contribution in [0.1, 0.15) is 45.4 Å². The summed E-state index contributed by atoms with van der Waals surface area (Å²) in [6.07, 6.45) is 8.01.